The third-order valence-corrected chi connectivity index (χ3v) is 4.72. The molecule has 18 heavy (non-hydrogen) atoms. The lowest BCUT2D eigenvalue weighted by molar-refractivity contribution is 0.139. The fraction of sp³-hybridized carbons (Fsp3) is 0.643. The molecule has 2 fully saturated rings. The van der Waals surface area contributed by atoms with E-state index in [9.17, 15) is 0 Å². The summed E-state index contributed by atoms with van der Waals surface area (Å²) in [6.45, 7) is 1.04. The standard InChI is InChI=1S/C14H20ClN3/c1-18-12-3-4-13(18)7-10(6-12)8-16-14-5-2-11(15)9-17-14/h2,5,9-10,12-13H,3-4,6-8H2,1H3,(H,16,17). The summed E-state index contributed by atoms with van der Waals surface area (Å²) >= 11 is 5.83. The number of nitrogens with zero attached hydrogens (tertiary/aromatic N) is 2. The SMILES string of the molecule is CN1C2CCC1CC(CNc1ccc(Cl)cn1)C2. The molecule has 4 heteroatoms. The van der Waals surface area contributed by atoms with Gasteiger partial charge in [-0.05, 0) is 50.8 Å². The van der Waals surface area contributed by atoms with Gasteiger partial charge < -0.3 is 10.2 Å². The third kappa shape index (κ3) is 2.47. The predicted octanol–water partition coefficient (Wildman–Crippen LogP) is 3.02. The summed E-state index contributed by atoms with van der Waals surface area (Å²) in [7, 11) is 2.28. The molecule has 2 bridgehead atoms. The second-order valence-corrected chi connectivity index (χ2v) is 6.07. The van der Waals surface area contributed by atoms with Gasteiger partial charge in [0.25, 0.3) is 0 Å². The van der Waals surface area contributed by atoms with Crippen LogP contribution in [-0.4, -0.2) is 35.6 Å². The van der Waals surface area contributed by atoms with Crippen molar-refractivity contribution in [2.24, 2.45) is 5.92 Å². The summed E-state index contributed by atoms with van der Waals surface area (Å²) in [6.07, 6.45) is 7.12. The van der Waals surface area contributed by atoms with Crippen LogP contribution in [0.3, 0.4) is 0 Å². The number of nitrogens with one attached hydrogen (secondary N) is 1. The molecule has 98 valence electrons. The summed E-state index contributed by atoms with van der Waals surface area (Å²) in [5.74, 6) is 1.72. The van der Waals surface area contributed by atoms with E-state index in [1.807, 2.05) is 12.1 Å². The first-order valence-electron chi connectivity index (χ1n) is 6.80. The lowest BCUT2D eigenvalue weighted by atomic mass is 9.91. The minimum Gasteiger partial charge on any atom is -0.370 e. The highest BCUT2D eigenvalue weighted by molar-refractivity contribution is 6.30. The molecule has 0 saturated carbocycles. The summed E-state index contributed by atoms with van der Waals surface area (Å²) in [5.41, 5.74) is 0. The molecule has 2 saturated heterocycles. The Hall–Kier alpha value is -0.800. The van der Waals surface area contributed by atoms with Crippen molar-refractivity contribution in [2.45, 2.75) is 37.8 Å². The maximum atomic E-state index is 5.83. The van der Waals surface area contributed by atoms with Crippen LogP contribution in [0, 0.1) is 5.92 Å². The minimum atomic E-state index is 0.692. The van der Waals surface area contributed by atoms with Gasteiger partial charge in [0.2, 0.25) is 0 Å². The zero-order valence-corrected chi connectivity index (χ0v) is 11.5. The summed E-state index contributed by atoms with van der Waals surface area (Å²) in [5, 5.41) is 4.13. The van der Waals surface area contributed by atoms with Crippen molar-refractivity contribution in [1.29, 1.82) is 0 Å². The van der Waals surface area contributed by atoms with Crippen LogP contribution in [0.5, 0.6) is 0 Å². The Morgan fingerprint density at radius 1 is 1.33 bits per heavy atom. The molecule has 0 aliphatic carbocycles. The summed E-state index contributed by atoms with van der Waals surface area (Å²) in [4.78, 5) is 6.86. The predicted molar refractivity (Wildman–Crippen MR) is 75.0 cm³/mol. The first-order valence-corrected chi connectivity index (χ1v) is 7.17. The van der Waals surface area contributed by atoms with Gasteiger partial charge in [-0.15, -0.1) is 0 Å². The zero-order valence-electron chi connectivity index (χ0n) is 10.8. The Morgan fingerprint density at radius 3 is 2.67 bits per heavy atom. The molecular formula is C14H20ClN3. The lowest BCUT2D eigenvalue weighted by Crippen LogP contribution is -2.41. The Labute approximate surface area is 114 Å². The largest absolute Gasteiger partial charge is 0.370 e. The Balaban J connectivity index is 1.54. The number of pyridine rings is 1. The molecule has 0 radical (unpaired) electrons. The van der Waals surface area contributed by atoms with Gasteiger partial charge in [-0.25, -0.2) is 4.98 Å². The maximum absolute atomic E-state index is 5.83. The summed E-state index contributed by atoms with van der Waals surface area (Å²) < 4.78 is 0. The second kappa shape index (κ2) is 5.06. The van der Waals surface area contributed by atoms with Crippen LogP contribution in [0.1, 0.15) is 25.7 Å². The van der Waals surface area contributed by atoms with Crippen molar-refractivity contribution in [3.8, 4) is 0 Å². The fourth-order valence-electron chi connectivity index (χ4n) is 3.42. The molecule has 0 aromatic carbocycles. The second-order valence-electron chi connectivity index (χ2n) is 5.63. The number of fused-ring (bicyclic) bond motifs is 2. The zero-order chi connectivity index (χ0) is 12.5. The van der Waals surface area contributed by atoms with E-state index < -0.39 is 0 Å². The minimum absolute atomic E-state index is 0.692. The number of anilines is 1. The van der Waals surface area contributed by atoms with Crippen LogP contribution in [0.2, 0.25) is 5.02 Å². The van der Waals surface area contributed by atoms with Gasteiger partial charge in [-0.2, -0.15) is 0 Å². The van der Waals surface area contributed by atoms with Gasteiger partial charge in [0.1, 0.15) is 5.82 Å². The third-order valence-electron chi connectivity index (χ3n) is 4.50. The van der Waals surface area contributed by atoms with Gasteiger partial charge in [0, 0.05) is 24.8 Å². The van der Waals surface area contributed by atoms with Crippen molar-refractivity contribution < 1.29 is 0 Å². The van der Waals surface area contributed by atoms with E-state index in [2.05, 4.69) is 22.2 Å². The fourth-order valence-corrected chi connectivity index (χ4v) is 3.53. The van der Waals surface area contributed by atoms with E-state index in [0.29, 0.717) is 5.02 Å². The van der Waals surface area contributed by atoms with E-state index >= 15 is 0 Å². The van der Waals surface area contributed by atoms with Crippen molar-refractivity contribution in [3.05, 3.63) is 23.4 Å². The van der Waals surface area contributed by atoms with Gasteiger partial charge in [0.15, 0.2) is 0 Å². The Bertz CT molecular complexity index is 392. The molecular weight excluding hydrogens is 246 g/mol. The van der Waals surface area contributed by atoms with E-state index in [1.165, 1.54) is 25.7 Å². The highest BCUT2D eigenvalue weighted by atomic mass is 35.5. The average Bonchev–Trinajstić information content (AvgIpc) is 2.62. The van der Waals surface area contributed by atoms with Crippen LogP contribution < -0.4 is 5.32 Å². The molecule has 0 amide bonds. The van der Waals surface area contributed by atoms with Crippen LogP contribution in [0.15, 0.2) is 18.3 Å². The molecule has 3 heterocycles. The lowest BCUT2D eigenvalue weighted by Gasteiger charge is -2.36. The molecule has 1 aromatic rings. The molecule has 3 rings (SSSR count). The molecule has 2 aliphatic rings. The van der Waals surface area contributed by atoms with E-state index in [4.69, 9.17) is 11.6 Å². The molecule has 0 spiro atoms. The number of hydrogen-bond acceptors (Lipinski definition) is 3. The van der Waals surface area contributed by atoms with Crippen molar-refractivity contribution in [3.63, 3.8) is 0 Å². The van der Waals surface area contributed by atoms with E-state index in [1.54, 1.807) is 6.20 Å². The molecule has 3 nitrogen and oxygen atoms in total. The first-order chi connectivity index (χ1) is 8.72. The molecule has 1 aromatic heterocycles. The van der Waals surface area contributed by atoms with E-state index in [-0.39, 0.29) is 0 Å². The molecule has 1 N–H and O–H groups in total. The quantitative estimate of drug-likeness (QED) is 0.911. The number of aromatic nitrogens is 1. The Kier molecular flexibility index (Phi) is 3.44. The van der Waals surface area contributed by atoms with Gasteiger partial charge in [-0.3, -0.25) is 0 Å². The van der Waals surface area contributed by atoms with Crippen LogP contribution in [0.4, 0.5) is 5.82 Å². The van der Waals surface area contributed by atoms with Gasteiger partial charge in [0.05, 0.1) is 5.02 Å². The van der Waals surface area contributed by atoms with Crippen LogP contribution in [-0.2, 0) is 0 Å². The van der Waals surface area contributed by atoms with Gasteiger partial charge in [-0.1, -0.05) is 11.6 Å². The average molecular weight is 266 g/mol. The smallest absolute Gasteiger partial charge is 0.125 e. The monoisotopic (exact) mass is 265 g/mol. The number of rotatable bonds is 3. The van der Waals surface area contributed by atoms with Crippen LogP contribution in [0.25, 0.3) is 0 Å². The number of hydrogen-bond donors (Lipinski definition) is 1. The maximum Gasteiger partial charge on any atom is 0.125 e. The molecule has 2 atom stereocenters. The van der Waals surface area contributed by atoms with Crippen molar-refractivity contribution in [1.82, 2.24) is 9.88 Å². The van der Waals surface area contributed by atoms with Crippen molar-refractivity contribution >= 4 is 17.4 Å². The van der Waals surface area contributed by atoms with E-state index in [0.717, 1.165) is 30.4 Å². The first kappa shape index (κ1) is 12.2. The topological polar surface area (TPSA) is 28.2 Å². The highest BCUT2D eigenvalue weighted by Gasteiger charge is 2.38. The number of piperidine rings is 1. The van der Waals surface area contributed by atoms with Gasteiger partial charge >= 0.3 is 0 Å². The highest BCUT2D eigenvalue weighted by Crippen LogP contribution is 2.37. The summed E-state index contributed by atoms with van der Waals surface area (Å²) in [6, 6.07) is 5.46. The molecule has 2 unspecified atom stereocenters. The number of halogens is 1. The normalized spacial score (nSPS) is 31.6. The van der Waals surface area contributed by atoms with Crippen LogP contribution >= 0.6 is 11.6 Å². The van der Waals surface area contributed by atoms with Crippen molar-refractivity contribution in [2.75, 3.05) is 18.9 Å². The molecule has 2 aliphatic heterocycles. The Morgan fingerprint density at radius 2 is 2.06 bits per heavy atom.